The summed E-state index contributed by atoms with van der Waals surface area (Å²) in [4.78, 5) is 8.06. The van der Waals surface area contributed by atoms with Gasteiger partial charge in [-0.2, -0.15) is 19.6 Å². The van der Waals surface area contributed by atoms with Crippen LogP contribution in [0.4, 0.5) is 5.82 Å². The molecule has 0 radical (unpaired) electrons. The van der Waals surface area contributed by atoms with E-state index in [4.69, 9.17) is 16.3 Å². The quantitative estimate of drug-likeness (QED) is 0.624. The Kier molecular flexibility index (Phi) is 4.93. The highest BCUT2D eigenvalue weighted by Crippen LogP contribution is 2.13. The topological polar surface area (TPSA) is 64.3 Å². The lowest BCUT2D eigenvalue weighted by atomic mass is 10.1. The largest absolute Gasteiger partial charge is 0.380 e. The third kappa shape index (κ3) is 4.04. The van der Waals surface area contributed by atoms with Crippen LogP contribution in [0.5, 0.6) is 0 Å². The first-order valence-electron chi connectivity index (χ1n) is 6.34. The summed E-state index contributed by atoms with van der Waals surface area (Å²) in [6.45, 7) is 6.48. The second kappa shape index (κ2) is 6.68. The normalized spacial score (nSPS) is 11.4. The number of rotatable bonds is 7. The highest BCUT2D eigenvalue weighted by molar-refractivity contribution is 6.29. The highest BCUT2D eigenvalue weighted by atomic mass is 35.5. The Bertz CT molecular complexity index is 528. The molecule has 19 heavy (non-hydrogen) atoms. The standard InChI is InChI=1S/C12H18ClN5O/c1-9(2)3-5-19-6-4-14-11-7-10(13)17-12-15-8-16-18(11)12/h7-9,14H,3-6H2,1-2H3. The van der Waals surface area contributed by atoms with Gasteiger partial charge >= 0.3 is 0 Å². The van der Waals surface area contributed by atoms with Crippen LogP contribution < -0.4 is 5.32 Å². The molecule has 0 aliphatic rings. The van der Waals surface area contributed by atoms with Gasteiger partial charge in [0.1, 0.15) is 17.3 Å². The molecule has 2 heterocycles. The van der Waals surface area contributed by atoms with Gasteiger partial charge in [-0.15, -0.1) is 0 Å². The average molecular weight is 284 g/mol. The van der Waals surface area contributed by atoms with Crippen LogP contribution in [0.15, 0.2) is 12.4 Å². The Morgan fingerprint density at radius 2 is 2.26 bits per heavy atom. The van der Waals surface area contributed by atoms with E-state index in [-0.39, 0.29) is 0 Å². The van der Waals surface area contributed by atoms with Gasteiger partial charge in [-0.3, -0.25) is 0 Å². The van der Waals surface area contributed by atoms with E-state index in [1.165, 1.54) is 6.33 Å². The van der Waals surface area contributed by atoms with E-state index >= 15 is 0 Å². The second-order valence-corrected chi connectivity index (χ2v) is 5.04. The van der Waals surface area contributed by atoms with Crippen LogP contribution in [0, 0.1) is 5.92 Å². The first kappa shape index (κ1) is 14.0. The number of anilines is 1. The molecule has 2 aromatic rings. The summed E-state index contributed by atoms with van der Waals surface area (Å²) in [5.74, 6) is 1.91. The maximum absolute atomic E-state index is 5.91. The lowest BCUT2D eigenvalue weighted by Gasteiger charge is -2.09. The predicted octanol–water partition coefficient (Wildman–Crippen LogP) is 2.25. The molecule has 1 N–H and O–H groups in total. The summed E-state index contributed by atoms with van der Waals surface area (Å²) < 4.78 is 7.14. The lowest BCUT2D eigenvalue weighted by molar-refractivity contribution is 0.132. The minimum atomic E-state index is 0.392. The summed E-state index contributed by atoms with van der Waals surface area (Å²) in [5, 5.41) is 7.69. The molecular formula is C12H18ClN5O. The first-order chi connectivity index (χ1) is 9.16. The molecule has 0 spiro atoms. The number of hydrogen-bond acceptors (Lipinski definition) is 5. The number of hydrogen-bond donors (Lipinski definition) is 1. The van der Waals surface area contributed by atoms with Crippen LogP contribution in [0.2, 0.25) is 5.15 Å². The fraction of sp³-hybridized carbons (Fsp3) is 0.583. The van der Waals surface area contributed by atoms with E-state index in [2.05, 4.69) is 34.2 Å². The van der Waals surface area contributed by atoms with Crippen molar-refractivity contribution in [2.24, 2.45) is 5.92 Å². The number of aromatic nitrogens is 4. The van der Waals surface area contributed by atoms with Crippen molar-refractivity contribution < 1.29 is 4.74 Å². The van der Waals surface area contributed by atoms with Crippen LogP contribution in [0.1, 0.15) is 20.3 Å². The molecule has 2 rings (SSSR count). The van der Waals surface area contributed by atoms with Crippen LogP contribution in [-0.4, -0.2) is 39.3 Å². The van der Waals surface area contributed by atoms with E-state index in [1.807, 2.05) is 0 Å². The summed E-state index contributed by atoms with van der Waals surface area (Å²) in [7, 11) is 0. The zero-order valence-corrected chi connectivity index (χ0v) is 11.9. The number of ether oxygens (including phenoxy) is 1. The van der Waals surface area contributed by atoms with Crippen LogP contribution in [0.3, 0.4) is 0 Å². The monoisotopic (exact) mass is 283 g/mol. The Morgan fingerprint density at radius 3 is 3.05 bits per heavy atom. The van der Waals surface area contributed by atoms with E-state index in [9.17, 15) is 0 Å². The summed E-state index contributed by atoms with van der Waals surface area (Å²) in [6, 6.07) is 1.72. The Hall–Kier alpha value is -1.40. The summed E-state index contributed by atoms with van der Waals surface area (Å²) in [5.41, 5.74) is 0. The van der Waals surface area contributed by atoms with Crippen LogP contribution in [0.25, 0.3) is 5.78 Å². The number of halogens is 1. The van der Waals surface area contributed by atoms with E-state index in [0.29, 0.717) is 30.0 Å². The van der Waals surface area contributed by atoms with E-state index < -0.39 is 0 Å². The highest BCUT2D eigenvalue weighted by Gasteiger charge is 2.05. The van der Waals surface area contributed by atoms with Crippen molar-refractivity contribution >= 4 is 23.2 Å². The van der Waals surface area contributed by atoms with Gasteiger partial charge < -0.3 is 10.1 Å². The maximum atomic E-state index is 5.91. The molecule has 0 aliphatic carbocycles. The fourth-order valence-electron chi connectivity index (χ4n) is 1.58. The third-order valence-electron chi connectivity index (χ3n) is 2.61. The van der Waals surface area contributed by atoms with Gasteiger partial charge in [0, 0.05) is 19.2 Å². The lowest BCUT2D eigenvalue weighted by Crippen LogP contribution is -2.13. The molecule has 6 nitrogen and oxygen atoms in total. The molecule has 0 aromatic carbocycles. The van der Waals surface area contributed by atoms with Gasteiger partial charge in [-0.25, -0.2) is 0 Å². The predicted molar refractivity (Wildman–Crippen MR) is 74.6 cm³/mol. The Labute approximate surface area is 117 Å². The van der Waals surface area contributed by atoms with Crippen molar-refractivity contribution in [3.8, 4) is 0 Å². The SMILES string of the molecule is CC(C)CCOCCNc1cc(Cl)nc2ncnn12. The smallest absolute Gasteiger partial charge is 0.255 e. The van der Waals surface area contributed by atoms with Crippen LogP contribution in [-0.2, 0) is 4.74 Å². The van der Waals surface area contributed by atoms with Gasteiger partial charge in [-0.05, 0) is 12.3 Å². The van der Waals surface area contributed by atoms with Gasteiger partial charge in [0.25, 0.3) is 5.78 Å². The zero-order chi connectivity index (χ0) is 13.7. The molecular weight excluding hydrogens is 266 g/mol. The van der Waals surface area contributed by atoms with Gasteiger partial charge in [-0.1, -0.05) is 25.4 Å². The molecule has 0 saturated carbocycles. The third-order valence-corrected chi connectivity index (χ3v) is 2.81. The summed E-state index contributed by atoms with van der Waals surface area (Å²) in [6.07, 6.45) is 2.53. The molecule has 2 aromatic heterocycles. The number of nitrogens with one attached hydrogen (secondary N) is 1. The molecule has 7 heteroatoms. The minimum Gasteiger partial charge on any atom is -0.380 e. The molecule has 0 amide bonds. The second-order valence-electron chi connectivity index (χ2n) is 4.66. The fourth-order valence-corrected chi connectivity index (χ4v) is 1.76. The number of fused-ring (bicyclic) bond motifs is 1. The molecule has 104 valence electrons. The van der Waals surface area contributed by atoms with Crippen molar-refractivity contribution in [2.45, 2.75) is 20.3 Å². The van der Waals surface area contributed by atoms with Crippen molar-refractivity contribution in [1.82, 2.24) is 19.6 Å². The van der Waals surface area contributed by atoms with Crippen molar-refractivity contribution in [2.75, 3.05) is 25.1 Å². The first-order valence-corrected chi connectivity index (χ1v) is 6.72. The van der Waals surface area contributed by atoms with Crippen molar-refractivity contribution in [3.05, 3.63) is 17.5 Å². The van der Waals surface area contributed by atoms with Gasteiger partial charge in [0.05, 0.1) is 6.61 Å². The Morgan fingerprint density at radius 1 is 1.42 bits per heavy atom. The van der Waals surface area contributed by atoms with Crippen molar-refractivity contribution in [3.63, 3.8) is 0 Å². The summed E-state index contributed by atoms with van der Waals surface area (Å²) >= 11 is 5.91. The van der Waals surface area contributed by atoms with Crippen molar-refractivity contribution in [1.29, 1.82) is 0 Å². The maximum Gasteiger partial charge on any atom is 0.255 e. The van der Waals surface area contributed by atoms with E-state index in [0.717, 1.165) is 18.8 Å². The molecule has 0 unspecified atom stereocenters. The molecule has 0 aliphatic heterocycles. The number of nitrogens with zero attached hydrogens (tertiary/aromatic N) is 4. The molecule has 0 bridgehead atoms. The van der Waals surface area contributed by atoms with E-state index in [1.54, 1.807) is 10.6 Å². The van der Waals surface area contributed by atoms with Gasteiger partial charge in [0.2, 0.25) is 0 Å². The average Bonchev–Trinajstić information content (AvgIpc) is 2.80. The zero-order valence-electron chi connectivity index (χ0n) is 11.1. The van der Waals surface area contributed by atoms with Gasteiger partial charge in [0.15, 0.2) is 0 Å². The minimum absolute atomic E-state index is 0.392. The Balaban J connectivity index is 1.83. The van der Waals surface area contributed by atoms with Crippen LogP contribution >= 0.6 is 11.6 Å². The molecule has 0 saturated heterocycles. The molecule has 0 atom stereocenters. The molecule has 0 fully saturated rings.